The van der Waals surface area contributed by atoms with Gasteiger partial charge in [0, 0.05) is 5.56 Å². The third kappa shape index (κ3) is 2.27. The molecule has 0 saturated carbocycles. The number of hydrogen-bond acceptors (Lipinski definition) is 2. The predicted octanol–water partition coefficient (Wildman–Crippen LogP) is 3.36. The Balaban J connectivity index is 2.19. The van der Waals surface area contributed by atoms with Crippen LogP contribution in [0.3, 0.4) is 0 Å². The van der Waals surface area contributed by atoms with Crippen LogP contribution in [0.15, 0.2) is 54.6 Å². The molecule has 96 valence electrons. The zero-order valence-electron chi connectivity index (χ0n) is 10.8. The standard InChI is InChI=1S/C17H17NO/c18-11-5-9-15-14-7-2-1-6-13(14)12-19-17-10-4-3-8-16(15)17/h1-4,6-10H,5,11-12,18H2/b15-9+. The molecule has 0 atom stereocenters. The molecule has 3 rings (SSSR count). The summed E-state index contributed by atoms with van der Waals surface area (Å²) in [6.07, 6.45) is 3.09. The van der Waals surface area contributed by atoms with E-state index in [1.54, 1.807) is 0 Å². The number of nitrogens with two attached hydrogens (primary N) is 1. The molecule has 0 fully saturated rings. The van der Waals surface area contributed by atoms with Gasteiger partial charge in [-0.05, 0) is 35.7 Å². The molecule has 0 radical (unpaired) electrons. The lowest BCUT2D eigenvalue weighted by Gasteiger charge is -2.10. The molecule has 0 saturated heterocycles. The third-order valence-corrected chi connectivity index (χ3v) is 3.38. The van der Waals surface area contributed by atoms with E-state index in [9.17, 15) is 0 Å². The fourth-order valence-electron chi connectivity index (χ4n) is 2.47. The van der Waals surface area contributed by atoms with Crippen molar-refractivity contribution in [3.05, 3.63) is 71.3 Å². The van der Waals surface area contributed by atoms with Crippen LogP contribution in [0.1, 0.15) is 23.1 Å². The monoisotopic (exact) mass is 251 g/mol. The van der Waals surface area contributed by atoms with Gasteiger partial charge in [-0.2, -0.15) is 0 Å². The molecule has 2 aromatic carbocycles. The minimum Gasteiger partial charge on any atom is -0.488 e. The topological polar surface area (TPSA) is 35.2 Å². The maximum Gasteiger partial charge on any atom is 0.127 e. The first-order valence-corrected chi connectivity index (χ1v) is 6.61. The molecule has 0 aromatic heterocycles. The Bertz CT molecular complexity index is 567. The average Bonchev–Trinajstić information content (AvgIpc) is 2.62. The van der Waals surface area contributed by atoms with Gasteiger partial charge in [-0.3, -0.25) is 0 Å². The van der Waals surface area contributed by atoms with Gasteiger partial charge in [0.1, 0.15) is 12.4 Å². The molecule has 0 unspecified atom stereocenters. The molecule has 2 aromatic rings. The summed E-state index contributed by atoms with van der Waals surface area (Å²) >= 11 is 0. The van der Waals surface area contributed by atoms with Crippen LogP contribution in [0.4, 0.5) is 0 Å². The van der Waals surface area contributed by atoms with Crippen LogP contribution in [0.25, 0.3) is 5.57 Å². The van der Waals surface area contributed by atoms with Crippen LogP contribution >= 0.6 is 0 Å². The van der Waals surface area contributed by atoms with E-state index in [0.717, 1.165) is 17.7 Å². The summed E-state index contributed by atoms with van der Waals surface area (Å²) in [7, 11) is 0. The lowest BCUT2D eigenvalue weighted by molar-refractivity contribution is 0.307. The summed E-state index contributed by atoms with van der Waals surface area (Å²) in [5.41, 5.74) is 10.5. The Labute approximate surface area is 113 Å². The third-order valence-electron chi connectivity index (χ3n) is 3.38. The predicted molar refractivity (Wildman–Crippen MR) is 78.0 cm³/mol. The fraction of sp³-hybridized carbons (Fsp3) is 0.176. The molecular formula is C17H17NO. The number of benzene rings is 2. The SMILES string of the molecule is NCC/C=C1\c2ccccc2COc2ccccc21. The van der Waals surface area contributed by atoms with Crippen LogP contribution in [-0.2, 0) is 6.61 Å². The molecule has 1 aliphatic rings. The second-order valence-corrected chi connectivity index (χ2v) is 4.64. The second-order valence-electron chi connectivity index (χ2n) is 4.64. The quantitative estimate of drug-likeness (QED) is 0.888. The van der Waals surface area contributed by atoms with Gasteiger partial charge in [0.2, 0.25) is 0 Å². The molecule has 0 amide bonds. The van der Waals surface area contributed by atoms with E-state index in [1.807, 2.05) is 18.2 Å². The molecular weight excluding hydrogens is 234 g/mol. The average molecular weight is 251 g/mol. The van der Waals surface area contributed by atoms with E-state index >= 15 is 0 Å². The van der Waals surface area contributed by atoms with Crippen molar-refractivity contribution in [2.75, 3.05) is 6.54 Å². The Morgan fingerprint density at radius 3 is 2.58 bits per heavy atom. The zero-order valence-corrected chi connectivity index (χ0v) is 10.8. The first-order valence-electron chi connectivity index (χ1n) is 6.61. The highest BCUT2D eigenvalue weighted by Gasteiger charge is 2.17. The first kappa shape index (κ1) is 12.0. The van der Waals surface area contributed by atoms with Gasteiger partial charge in [0.05, 0.1) is 0 Å². The van der Waals surface area contributed by atoms with E-state index in [2.05, 4.69) is 36.4 Å². The van der Waals surface area contributed by atoms with E-state index in [1.165, 1.54) is 16.7 Å². The van der Waals surface area contributed by atoms with Crippen molar-refractivity contribution in [1.29, 1.82) is 0 Å². The van der Waals surface area contributed by atoms with Gasteiger partial charge in [-0.15, -0.1) is 0 Å². The van der Waals surface area contributed by atoms with Gasteiger partial charge in [-0.25, -0.2) is 0 Å². The van der Waals surface area contributed by atoms with E-state index in [4.69, 9.17) is 10.5 Å². The van der Waals surface area contributed by atoms with Gasteiger partial charge in [0.15, 0.2) is 0 Å². The summed E-state index contributed by atoms with van der Waals surface area (Å²) in [5, 5.41) is 0. The highest BCUT2D eigenvalue weighted by atomic mass is 16.5. The number of rotatable bonds is 2. The molecule has 2 nitrogen and oxygen atoms in total. The van der Waals surface area contributed by atoms with Gasteiger partial charge in [0.25, 0.3) is 0 Å². The van der Waals surface area contributed by atoms with E-state index in [-0.39, 0.29) is 0 Å². The number of fused-ring (bicyclic) bond motifs is 2. The van der Waals surface area contributed by atoms with Crippen LogP contribution in [0.2, 0.25) is 0 Å². The maximum absolute atomic E-state index is 5.91. The molecule has 0 bridgehead atoms. The van der Waals surface area contributed by atoms with Crippen molar-refractivity contribution in [3.63, 3.8) is 0 Å². The largest absolute Gasteiger partial charge is 0.488 e. The molecule has 2 heteroatoms. The molecule has 1 aliphatic heterocycles. The minimum atomic E-state index is 0.618. The van der Waals surface area contributed by atoms with Crippen LogP contribution in [-0.4, -0.2) is 6.54 Å². The highest BCUT2D eigenvalue weighted by Crippen LogP contribution is 2.36. The number of hydrogen-bond donors (Lipinski definition) is 1. The fourth-order valence-corrected chi connectivity index (χ4v) is 2.47. The zero-order chi connectivity index (χ0) is 13.1. The normalized spacial score (nSPS) is 15.3. The van der Waals surface area contributed by atoms with Gasteiger partial charge < -0.3 is 10.5 Å². The minimum absolute atomic E-state index is 0.618. The molecule has 0 aliphatic carbocycles. The van der Waals surface area contributed by atoms with Crippen molar-refractivity contribution < 1.29 is 4.74 Å². The van der Waals surface area contributed by atoms with Crippen molar-refractivity contribution in [3.8, 4) is 5.75 Å². The van der Waals surface area contributed by atoms with Crippen molar-refractivity contribution in [2.45, 2.75) is 13.0 Å². The summed E-state index contributed by atoms with van der Waals surface area (Å²) in [6, 6.07) is 16.6. The Kier molecular flexibility index (Phi) is 3.34. The van der Waals surface area contributed by atoms with Crippen LogP contribution in [0, 0.1) is 0 Å². The Morgan fingerprint density at radius 1 is 1.00 bits per heavy atom. The number of ether oxygens (including phenoxy) is 1. The van der Waals surface area contributed by atoms with Crippen molar-refractivity contribution in [1.82, 2.24) is 0 Å². The van der Waals surface area contributed by atoms with Crippen LogP contribution in [0.5, 0.6) is 5.75 Å². The smallest absolute Gasteiger partial charge is 0.127 e. The first-order chi connectivity index (χ1) is 9.40. The van der Waals surface area contributed by atoms with Crippen molar-refractivity contribution in [2.24, 2.45) is 5.73 Å². The van der Waals surface area contributed by atoms with E-state index in [0.29, 0.717) is 13.2 Å². The van der Waals surface area contributed by atoms with Gasteiger partial charge in [-0.1, -0.05) is 48.5 Å². The lowest BCUT2D eigenvalue weighted by Crippen LogP contribution is -1.97. The Morgan fingerprint density at radius 2 is 1.74 bits per heavy atom. The second kappa shape index (κ2) is 5.29. The number of para-hydroxylation sites is 1. The van der Waals surface area contributed by atoms with Gasteiger partial charge >= 0.3 is 0 Å². The molecule has 19 heavy (non-hydrogen) atoms. The molecule has 1 heterocycles. The molecule has 0 spiro atoms. The lowest BCUT2D eigenvalue weighted by atomic mass is 9.93. The summed E-state index contributed by atoms with van der Waals surface area (Å²) in [5.74, 6) is 0.946. The van der Waals surface area contributed by atoms with E-state index < -0.39 is 0 Å². The summed E-state index contributed by atoms with van der Waals surface area (Å²) in [4.78, 5) is 0. The highest BCUT2D eigenvalue weighted by molar-refractivity contribution is 5.84. The Hall–Kier alpha value is -2.06. The molecule has 2 N–H and O–H groups in total. The summed E-state index contributed by atoms with van der Waals surface area (Å²) in [6.45, 7) is 1.28. The van der Waals surface area contributed by atoms with Crippen molar-refractivity contribution >= 4 is 5.57 Å². The van der Waals surface area contributed by atoms with Crippen LogP contribution < -0.4 is 10.5 Å². The summed E-state index contributed by atoms with van der Waals surface area (Å²) < 4.78 is 5.91. The maximum atomic E-state index is 5.91.